The first kappa shape index (κ1) is 14.7. The van der Waals surface area contributed by atoms with E-state index in [1.54, 1.807) is 37.4 Å². The number of halogens is 3. The molecule has 0 saturated carbocycles. The largest absolute Gasteiger partial charge is 0.496 e. The second-order valence-corrected chi connectivity index (χ2v) is 5.64. The van der Waals surface area contributed by atoms with Crippen molar-refractivity contribution >= 4 is 39.1 Å². The first-order valence-corrected chi connectivity index (χ1v) is 7.04. The zero-order chi connectivity index (χ0) is 14.0. The summed E-state index contributed by atoms with van der Waals surface area (Å²) in [4.78, 5) is 0. The van der Waals surface area contributed by atoms with E-state index in [4.69, 9.17) is 27.9 Å². The fourth-order valence-corrected chi connectivity index (χ4v) is 2.59. The zero-order valence-corrected chi connectivity index (χ0v) is 13.1. The number of ether oxygens (including phenoxy) is 1. The van der Waals surface area contributed by atoms with Crippen molar-refractivity contribution in [2.45, 2.75) is 6.10 Å². The monoisotopic (exact) mass is 360 g/mol. The van der Waals surface area contributed by atoms with Gasteiger partial charge in [0, 0.05) is 0 Å². The minimum atomic E-state index is -0.767. The number of benzene rings is 2. The summed E-state index contributed by atoms with van der Waals surface area (Å²) in [6.07, 6.45) is -0.767. The van der Waals surface area contributed by atoms with Gasteiger partial charge in [-0.15, -0.1) is 0 Å². The minimum Gasteiger partial charge on any atom is -0.496 e. The van der Waals surface area contributed by atoms with Crippen molar-refractivity contribution in [2.75, 3.05) is 7.11 Å². The molecular formula is C14H11BrCl2O2. The number of methoxy groups -OCH3 is 1. The molecule has 0 radical (unpaired) electrons. The third-order valence-corrected chi connectivity index (χ3v) is 4.11. The molecular weight excluding hydrogens is 351 g/mol. The summed E-state index contributed by atoms with van der Waals surface area (Å²) < 4.78 is 5.94. The van der Waals surface area contributed by atoms with Crippen LogP contribution in [0.15, 0.2) is 40.9 Å². The standard InChI is InChI=1S/C14H11BrCl2O2/c1-19-13-5-3-8(6-10(13)15)14(18)9-2-4-11(16)12(17)7-9/h2-7,14,18H,1H3. The summed E-state index contributed by atoms with van der Waals surface area (Å²) in [7, 11) is 1.59. The van der Waals surface area contributed by atoms with E-state index in [1.807, 2.05) is 6.07 Å². The van der Waals surface area contributed by atoms with E-state index in [0.717, 1.165) is 10.0 Å². The minimum absolute atomic E-state index is 0.422. The number of aliphatic hydroxyl groups excluding tert-OH is 1. The van der Waals surface area contributed by atoms with Crippen LogP contribution in [0.1, 0.15) is 17.2 Å². The van der Waals surface area contributed by atoms with Crippen molar-refractivity contribution in [2.24, 2.45) is 0 Å². The second-order valence-electron chi connectivity index (χ2n) is 3.97. The van der Waals surface area contributed by atoms with Crippen LogP contribution in [0, 0.1) is 0 Å². The predicted molar refractivity (Wildman–Crippen MR) is 81.2 cm³/mol. The first-order valence-electron chi connectivity index (χ1n) is 5.49. The lowest BCUT2D eigenvalue weighted by molar-refractivity contribution is 0.220. The van der Waals surface area contributed by atoms with Gasteiger partial charge in [-0.3, -0.25) is 0 Å². The molecule has 1 atom stereocenters. The van der Waals surface area contributed by atoms with Crippen LogP contribution in [-0.4, -0.2) is 12.2 Å². The maximum Gasteiger partial charge on any atom is 0.133 e. The lowest BCUT2D eigenvalue weighted by atomic mass is 10.0. The normalized spacial score (nSPS) is 12.3. The molecule has 5 heteroatoms. The maximum atomic E-state index is 10.3. The number of aliphatic hydroxyl groups is 1. The quantitative estimate of drug-likeness (QED) is 0.846. The molecule has 0 aliphatic heterocycles. The van der Waals surface area contributed by atoms with E-state index in [0.29, 0.717) is 21.4 Å². The Hall–Kier alpha value is -0.740. The Kier molecular flexibility index (Phi) is 4.74. The molecule has 2 nitrogen and oxygen atoms in total. The highest BCUT2D eigenvalue weighted by atomic mass is 79.9. The molecule has 1 N–H and O–H groups in total. The van der Waals surface area contributed by atoms with Crippen molar-refractivity contribution in [3.8, 4) is 5.75 Å². The number of hydrogen-bond donors (Lipinski definition) is 1. The van der Waals surface area contributed by atoms with Gasteiger partial charge in [-0.2, -0.15) is 0 Å². The highest BCUT2D eigenvalue weighted by Crippen LogP contribution is 2.32. The Labute approximate surface area is 130 Å². The molecule has 0 aliphatic carbocycles. The average molecular weight is 362 g/mol. The van der Waals surface area contributed by atoms with Gasteiger partial charge in [0.15, 0.2) is 0 Å². The summed E-state index contributed by atoms with van der Waals surface area (Å²) in [5.41, 5.74) is 1.43. The molecule has 0 spiro atoms. The topological polar surface area (TPSA) is 29.5 Å². The molecule has 0 aromatic heterocycles. The van der Waals surface area contributed by atoms with Gasteiger partial charge in [-0.1, -0.05) is 35.3 Å². The molecule has 19 heavy (non-hydrogen) atoms. The van der Waals surface area contributed by atoms with Crippen molar-refractivity contribution < 1.29 is 9.84 Å². The predicted octanol–water partition coefficient (Wildman–Crippen LogP) is 4.85. The Balaban J connectivity index is 2.35. The zero-order valence-electron chi connectivity index (χ0n) is 10.0. The van der Waals surface area contributed by atoms with Crippen LogP contribution < -0.4 is 4.74 Å². The molecule has 0 aliphatic rings. The van der Waals surface area contributed by atoms with E-state index in [1.165, 1.54) is 0 Å². The third kappa shape index (κ3) is 3.23. The Morgan fingerprint density at radius 1 is 1.05 bits per heavy atom. The summed E-state index contributed by atoms with van der Waals surface area (Å²) in [5, 5.41) is 11.2. The van der Waals surface area contributed by atoms with E-state index in [9.17, 15) is 5.11 Å². The van der Waals surface area contributed by atoms with Crippen molar-refractivity contribution in [3.05, 3.63) is 62.0 Å². The molecule has 0 fully saturated rings. The fraction of sp³-hybridized carbons (Fsp3) is 0.143. The Bertz CT molecular complexity index is 602. The van der Waals surface area contributed by atoms with Gasteiger partial charge >= 0.3 is 0 Å². The van der Waals surface area contributed by atoms with E-state index in [2.05, 4.69) is 15.9 Å². The van der Waals surface area contributed by atoms with E-state index in [-0.39, 0.29) is 0 Å². The van der Waals surface area contributed by atoms with Gasteiger partial charge in [0.2, 0.25) is 0 Å². The SMILES string of the molecule is COc1ccc(C(O)c2ccc(Cl)c(Cl)c2)cc1Br. The highest BCUT2D eigenvalue weighted by Gasteiger charge is 2.13. The van der Waals surface area contributed by atoms with Gasteiger partial charge in [-0.25, -0.2) is 0 Å². The number of rotatable bonds is 3. The van der Waals surface area contributed by atoms with Crippen LogP contribution in [0.25, 0.3) is 0 Å². The molecule has 2 aromatic carbocycles. The smallest absolute Gasteiger partial charge is 0.133 e. The van der Waals surface area contributed by atoms with Crippen LogP contribution in [0.5, 0.6) is 5.75 Å². The van der Waals surface area contributed by atoms with Crippen LogP contribution in [0.4, 0.5) is 0 Å². The summed E-state index contributed by atoms with van der Waals surface area (Å²) in [5.74, 6) is 0.713. The van der Waals surface area contributed by atoms with Crippen molar-refractivity contribution in [1.82, 2.24) is 0 Å². The van der Waals surface area contributed by atoms with Crippen molar-refractivity contribution in [3.63, 3.8) is 0 Å². The molecule has 2 aromatic rings. The number of hydrogen-bond acceptors (Lipinski definition) is 2. The average Bonchev–Trinajstić information content (AvgIpc) is 2.41. The first-order chi connectivity index (χ1) is 9.02. The van der Waals surface area contributed by atoms with Crippen molar-refractivity contribution in [1.29, 1.82) is 0 Å². The van der Waals surface area contributed by atoms with Gasteiger partial charge < -0.3 is 9.84 Å². The lowest BCUT2D eigenvalue weighted by Gasteiger charge is -2.14. The highest BCUT2D eigenvalue weighted by molar-refractivity contribution is 9.10. The Morgan fingerprint density at radius 2 is 1.68 bits per heavy atom. The molecule has 1 unspecified atom stereocenters. The fourth-order valence-electron chi connectivity index (χ4n) is 1.73. The van der Waals surface area contributed by atoms with Crippen LogP contribution in [0.2, 0.25) is 10.0 Å². The lowest BCUT2D eigenvalue weighted by Crippen LogP contribution is -2.00. The molecule has 2 rings (SSSR count). The third-order valence-electron chi connectivity index (χ3n) is 2.75. The molecule has 100 valence electrons. The second kappa shape index (κ2) is 6.14. The van der Waals surface area contributed by atoms with E-state index >= 15 is 0 Å². The van der Waals surface area contributed by atoms with Gasteiger partial charge in [-0.05, 0) is 51.3 Å². The van der Waals surface area contributed by atoms with Crippen LogP contribution in [-0.2, 0) is 0 Å². The molecule has 0 saturated heterocycles. The molecule has 0 heterocycles. The summed E-state index contributed by atoms with van der Waals surface area (Å²) in [6, 6.07) is 10.5. The summed E-state index contributed by atoms with van der Waals surface area (Å²) in [6.45, 7) is 0. The van der Waals surface area contributed by atoms with Crippen LogP contribution in [0.3, 0.4) is 0 Å². The maximum absolute atomic E-state index is 10.3. The van der Waals surface area contributed by atoms with Crippen LogP contribution >= 0.6 is 39.1 Å². The Morgan fingerprint density at radius 3 is 2.26 bits per heavy atom. The molecule has 0 bridgehead atoms. The van der Waals surface area contributed by atoms with Gasteiger partial charge in [0.1, 0.15) is 11.9 Å². The summed E-state index contributed by atoms with van der Waals surface area (Å²) >= 11 is 15.2. The van der Waals surface area contributed by atoms with E-state index < -0.39 is 6.10 Å². The van der Waals surface area contributed by atoms with Gasteiger partial charge in [0.05, 0.1) is 21.6 Å². The molecule has 0 amide bonds. The van der Waals surface area contributed by atoms with Gasteiger partial charge in [0.25, 0.3) is 0 Å².